The summed E-state index contributed by atoms with van der Waals surface area (Å²) in [6.07, 6.45) is 2.57. The van der Waals surface area contributed by atoms with Crippen molar-refractivity contribution in [3.63, 3.8) is 0 Å². The molecular weight excluding hydrogens is 202 g/mol. The largest absolute Gasteiger partial charge is 0.481 e. The number of carbonyl (C=O) groups is 1. The first-order chi connectivity index (χ1) is 7.68. The average Bonchev–Trinajstić information content (AvgIpc) is 3.10. The van der Waals surface area contributed by atoms with E-state index < -0.39 is 5.97 Å². The van der Waals surface area contributed by atoms with Gasteiger partial charge in [0.25, 0.3) is 0 Å². The number of hydrogen-bond acceptors (Lipinski definition) is 2. The molecule has 0 spiro atoms. The molecule has 86 valence electrons. The fraction of sp³-hybridized carbons (Fsp3) is 0.462. The SMILES string of the molecule is CN(C1CC1)C(CC(=O)O)c1ccccc1. The first-order valence-electron chi connectivity index (χ1n) is 5.67. The molecule has 2 rings (SSSR count). The molecule has 0 amide bonds. The first kappa shape index (κ1) is 11.1. The molecule has 0 aliphatic heterocycles. The maximum Gasteiger partial charge on any atom is 0.305 e. The number of carboxylic acids is 1. The van der Waals surface area contributed by atoms with Crippen molar-refractivity contribution in [1.29, 1.82) is 0 Å². The maximum absolute atomic E-state index is 10.9. The van der Waals surface area contributed by atoms with Crippen molar-refractivity contribution in [2.24, 2.45) is 0 Å². The molecule has 3 nitrogen and oxygen atoms in total. The van der Waals surface area contributed by atoms with Crippen LogP contribution in [-0.2, 0) is 4.79 Å². The van der Waals surface area contributed by atoms with Crippen molar-refractivity contribution in [2.45, 2.75) is 31.3 Å². The van der Waals surface area contributed by atoms with Crippen molar-refractivity contribution < 1.29 is 9.90 Å². The molecule has 0 aromatic heterocycles. The topological polar surface area (TPSA) is 40.5 Å². The first-order valence-corrected chi connectivity index (χ1v) is 5.67. The lowest BCUT2D eigenvalue weighted by Crippen LogP contribution is -2.28. The molecule has 1 aromatic carbocycles. The van der Waals surface area contributed by atoms with Gasteiger partial charge in [-0.1, -0.05) is 30.3 Å². The van der Waals surface area contributed by atoms with Gasteiger partial charge in [0.15, 0.2) is 0 Å². The monoisotopic (exact) mass is 219 g/mol. The molecule has 1 fully saturated rings. The van der Waals surface area contributed by atoms with Gasteiger partial charge in [-0.3, -0.25) is 9.69 Å². The van der Waals surface area contributed by atoms with Crippen LogP contribution >= 0.6 is 0 Å². The van der Waals surface area contributed by atoms with Gasteiger partial charge in [-0.2, -0.15) is 0 Å². The lowest BCUT2D eigenvalue weighted by molar-refractivity contribution is -0.138. The average molecular weight is 219 g/mol. The van der Waals surface area contributed by atoms with Gasteiger partial charge in [-0.05, 0) is 25.5 Å². The number of benzene rings is 1. The van der Waals surface area contributed by atoms with E-state index >= 15 is 0 Å². The Morgan fingerprint density at radius 1 is 1.44 bits per heavy atom. The van der Waals surface area contributed by atoms with Crippen LogP contribution in [0.2, 0.25) is 0 Å². The summed E-state index contributed by atoms with van der Waals surface area (Å²) in [7, 11) is 2.03. The molecule has 0 radical (unpaired) electrons. The van der Waals surface area contributed by atoms with Gasteiger partial charge in [0.1, 0.15) is 0 Å². The quantitative estimate of drug-likeness (QED) is 0.826. The third-order valence-corrected chi connectivity index (χ3v) is 3.17. The van der Waals surface area contributed by atoms with E-state index in [1.54, 1.807) is 0 Å². The lowest BCUT2D eigenvalue weighted by atomic mass is 10.0. The van der Waals surface area contributed by atoms with Crippen molar-refractivity contribution in [1.82, 2.24) is 4.90 Å². The Bertz CT molecular complexity index is 359. The zero-order valence-electron chi connectivity index (χ0n) is 9.47. The molecule has 0 bridgehead atoms. The van der Waals surface area contributed by atoms with E-state index in [-0.39, 0.29) is 12.5 Å². The van der Waals surface area contributed by atoms with E-state index in [4.69, 9.17) is 5.11 Å². The van der Waals surface area contributed by atoms with Crippen LogP contribution in [0.25, 0.3) is 0 Å². The molecule has 1 atom stereocenters. The number of hydrogen-bond donors (Lipinski definition) is 1. The second-order valence-corrected chi connectivity index (χ2v) is 4.42. The maximum atomic E-state index is 10.9. The highest BCUT2D eigenvalue weighted by Gasteiger charge is 2.32. The second kappa shape index (κ2) is 4.66. The molecule has 1 aromatic rings. The third-order valence-electron chi connectivity index (χ3n) is 3.17. The molecular formula is C13H17NO2. The predicted octanol–water partition coefficient (Wildman–Crippen LogP) is 2.30. The van der Waals surface area contributed by atoms with E-state index in [1.807, 2.05) is 37.4 Å². The zero-order valence-corrected chi connectivity index (χ0v) is 9.47. The van der Waals surface area contributed by atoms with Gasteiger partial charge in [0.05, 0.1) is 6.42 Å². The molecule has 1 aliphatic rings. The van der Waals surface area contributed by atoms with Gasteiger partial charge >= 0.3 is 5.97 Å². The van der Waals surface area contributed by atoms with Gasteiger partial charge in [-0.25, -0.2) is 0 Å². The van der Waals surface area contributed by atoms with E-state index in [1.165, 1.54) is 12.8 Å². The second-order valence-electron chi connectivity index (χ2n) is 4.42. The summed E-state index contributed by atoms with van der Waals surface area (Å²) in [5.74, 6) is -0.735. The third kappa shape index (κ3) is 2.61. The molecule has 0 saturated heterocycles. The molecule has 16 heavy (non-hydrogen) atoms. The van der Waals surface area contributed by atoms with Crippen LogP contribution in [0.5, 0.6) is 0 Å². The van der Waals surface area contributed by atoms with Crippen LogP contribution in [0.3, 0.4) is 0 Å². The van der Waals surface area contributed by atoms with Crippen molar-refractivity contribution in [3.05, 3.63) is 35.9 Å². The fourth-order valence-electron chi connectivity index (χ4n) is 2.07. The zero-order chi connectivity index (χ0) is 11.5. The summed E-state index contributed by atoms with van der Waals surface area (Å²) >= 11 is 0. The van der Waals surface area contributed by atoms with E-state index in [0.717, 1.165) is 5.56 Å². The summed E-state index contributed by atoms with van der Waals surface area (Å²) in [6, 6.07) is 10.5. The van der Waals surface area contributed by atoms with Crippen LogP contribution in [-0.4, -0.2) is 29.1 Å². The Labute approximate surface area is 95.7 Å². The summed E-state index contributed by atoms with van der Waals surface area (Å²) < 4.78 is 0. The predicted molar refractivity (Wildman–Crippen MR) is 62.2 cm³/mol. The molecule has 1 N–H and O–H groups in total. The normalized spacial score (nSPS) is 17.4. The molecule has 3 heteroatoms. The molecule has 1 unspecified atom stereocenters. The Morgan fingerprint density at radius 3 is 2.56 bits per heavy atom. The minimum Gasteiger partial charge on any atom is -0.481 e. The summed E-state index contributed by atoms with van der Waals surface area (Å²) in [6.45, 7) is 0. The Kier molecular flexibility index (Phi) is 3.25. The van der Waals surface area contributed by atoms with Crippen molar-refractivity contribution in [2.75, 3.05) is 7.05 Å². The van der Waals surface area contributed by atoms with Crippen molar-refractivity contribution >= 4 is 5.97 Å². The van der Waals surface area contributed by atoms with Crippen LogP contribution in [0, 0.1) is 0 Å². The molecule has 0 heterocycles. The molecule has 1 aliphatic carbocycles. The summed E-state index contributed by atoms with van der Waals surface area (Å²) in [5, 5.41) is 8.97. The van der Waals surface area contributed by atoms with Gasteiger partial charge in [-0.15, -0.1) is 0 Å². The summed E-state index contributed by atoms with van der Waals surface area (Å²) in [5.41, 5.74) is 1.10. The highest BCUT2D eigenvalue weighted by Crippen LogP contribution is 2.34. The number of aliphatic carboxylic acids is 1. The highest BCUT2D eigenvalue weighted by atomic mass is 16.4. The van der Waals surface area contributed by atoms with Crippen LogP contribution in [0.4, 0.5) is 0 Å². The molecule has 1 saturated carbocycles. The number of rotatable bonds is 5. The lowest BCUT2D eigenvalue weighted by Gasteiger charge is -2.27. The Morgan fingerprint density at radius 2 is 2.06 bits per heavy atom. The van der Waals surface area contributed by atoms with E-state index in [9.17, 15) is 4.79 Å². The standard InChI is InChI=1S/C13H17NO2/c1-14(11-7-8-11)12(9-13(15)16)10-5-3-2-4-6-10/h2-6,11-12H,7-9H2,1H3,(H,15,16). The minimum absolute atomic E-state index is 0.00574. The number of nitrogens with zero attached hydrogens (tertiary/aromatic N) is 1. The highest BCUT2D eigenvalue weighted by molar-refractivity contribution is 5.68. The van der Waals surface area contributed by atoms with Crippen LogP contribution in [0.15, 0.2) is 30.3 Å². The van der Waals surface area contributed by atoms with Gasteiger partial charge in [0.2, 0.25) is 0 Å². The van der Waals surface area contributed by atoms with E-state index in [0.29, 0.717) is 6.04 Å². The number of carboxylic acid groups (broad SMARTS) is 1. The van der Waals surface area contributed by atoms with Crippen LogP contribution < -0.4 is 0 Å². The fourth-order valence-corrected chi connectivity index (χ4v) is 2.07. The Hall–Kier alpha value is -1.35. The van der Waals surface area contributed by atoms with Gasteiger partial charge < -0.3 is 5.11 Å². The smallest absolute Gasteiger partial charge is 0.305 e. The summed E-state index contributed by atoms with van der Waals surface area (Å²) in [4.78, 5) is 13.1. The van der Waals surface area contributed by atoms with Gasteiger partial charge in [0, 0.05) is 12.1 Å². The van der Waals surface area contributed by atoms with E-state index in [2.05, 4.69) is 4.90 Å². The Balaban J connectivity index is 2.16. The van der Waals surface area contributed by atoms with Crippen LogP contribution in [0.1, 0.15) is 30.9 Å². The van der Waals surface area contributed by atoms with Crippen molar-refractivity contribution in [3.8, 4) is 0 Å². The minimum atomic E-state index is -0.735.